The van der Waals surface area contributed by atoms with Crippen molar-refractivity contribution in [2.75, 3.05) is 11.4 Å². The number of benzene rings is 1. The molecule has 2 rings (SSSR count). The predicted octanol–water partition coefficient (Wildman–Crippen LogP) is 0.847. The zero-order valence-corrected chi connectivity index (χ0v) is 9.78. The minimum atomic E-state index is -1.14. The van der Waals surface area contributed by atoms with Crippen LogP contribution in [-0.2, 0) is 4.79 Å². The molecule has 0 fully saturated rings. The van der Waals surface area contributed by atoms with Gasteiger partial charge in [0.2, 0.25) is 0 Å². The van der Waals surface area contributed by atoms with Crippen molar-refractivity contribution in [2.45, 2.75) is 0 Å². The average Bonchev–Trinajstić information content (AvgIpc) is 2.90. The largest absolute Gasteiger partial charge is 0.508 e. The van der Waals surface area contributed by atoms with E-state index in [4.69, 9.17) is 5.11 Å². The Labute approximate surface area is 108 Å². The maximum Gasteiger partial charge on any atom is 0.323 e. The molecule has 98 valence electrons. The molecule has 7 nitrogen and oxygen atoms in total. The van der Waals surface area contributed by atoms with Crippen molar-refractivity contribution >= 4 is 17.6 Å². The van der Waals surface area contributed by atoms with Gasteiger partial charge in [-0.1, -0.05) is 0 Å². The number of hydrogen-bond donors (Lipinski definition) is 3. The van der Waals surface area contributed by atoms with Gasteiger partial charge in [-0.15, -0.1) is 0 Å². The maximum atomic E-state index is 12.2. The molecule has 0 aliphatic heterocycles. The molecule has 0 atom stereocenters. The first-order chi connectivity index (χ1) is 9.08. The number of phenols is 1. The second-order valence-electron chi connectivity index (χ2n) is 3.77. The molecule has 0 bridgehead atoms. The molecular formula is C12H11N3O4. The topological polar surface area (TPSA) is 107 Å². The second kappa shape index (κ2) is 5.21. The van der Waals surface area contributed by atoms with Crippen molar-refractivity contribution in [1.82, 2.24) is 10.2 Å². The monoisotopic (exact) mass is 261 g/mol. The Morgan fingerprint density at radius 2 is 1.89 bits per heavy atom. The van der Waals surface area contributed by atoms with E-state index in [9.17, 15) is 14.7 Å². The summed E-state index contributed by atoms with van der Waals surface area (Å²) in [6.45, 7) is -0.484. The summed E-state index contributed by atoms with van der Waals surface area (Å²) in [5.74, 6) is -1.61. The van der Waals surface area contributed by atoms with Gasteiger partial charge >= 0.3 is 5.97 Å². The summed E-state index contributed by atoms with van der Waals surface area (Å²) in [5.41, 5.74) is 0.564. The summed E-state index contributed by atoms with van der Waals surface area (Å²) in [6, 6.07) is 7.14. The lowest BCUT2D eigenvalue weighted by Gasteiger charge is -2.20. The number of rotatable bonds is 4. The number of nitrogens with zero attached hydrogens (tertiary/aromatic N) is 2. The number of carboxylic acids is 1. The van der Waals surface area contributed by atoms with Crippen molar-refractivity contribution in [3.8, 4) is 5.75 Å². The Morgan fingerprint density at radius 3 is 2.42 bits per heavy atom. The van der Waals surface area contributed by atoms with Crippen LogP contribution in [0.5, 0.6) is 5.75 Å². The number of hydrogen-bond acceptors (Lipinski definition) is 4. The third kappa shape index (κ3) is 2.89. The van der Waals surface area contributed by atoms with E-state index >= 15 is 0 Å². The molecular weight excluding hydrogens is 250 g/mol. The highest BCUT2D eigenvalue weighted by molar-refractivity contribution is 6.06. The van der Waals surface area contributed by atoms with Crippen molar-refractivity contribution < 1.29 is 19.8 Å². The van der Waals surface area contributed by atoms with E-state index in [0.29, 0.717) is 5.69 Å². The summed E-state index contributed by atoms with van der Waals surface area (Å²) in [6.07, 6.45) is 1.41. The fourth-order valence-electron chi connectivity index (χ4n) is 1.57. The number of aromatic nitrogens is 2. The SMILES string of the molecule is O=C(O)CN(C(=O)c1ccn[nH]1)c1ccc(O)cc1. The highest BCUT2D eigenvalue weighted by Gasteiger charge is 2.21. The van der Waals surface area contributed by atoms with Gasteiger partial charge in [0.1, 0.15) is 18.0 Å². The molecule has 0 unspecified atom stereocenters. The lowest BCUT2D eigenvalue weighted by Crippen LogP contribution is -2.35. The van der Waals surface area contributed by atoms with Crippen LogP contribution < -0.4 is 4.90 Å². The molecule has 1 heterocycles. The lowest BCUT2D eigenvalue weighted by atomic mass is 10.2. The van der Waals surface area contributed by atoms with Crippen molar-refractivity contribution in [1.29, 1.82) is 0 Å². The van der Waals surface area contributed by atoms with E-state index in [1.807, 2.05) is 0 Å². The number of anilines is 1. The number of carboxylic acid groups (broad SMARTS) is 1. The number of aliphatic carboxylic acids is 1. The third-order valence-electron chi connectivity index (χ3n) is 2.43. The van der Waals surface area contributed by atoms with E-state index in [1.54, 1.807) is 0 Å². The third-order valence-corrected chi connectivity index (χ3v) is 2.43. The highest BCUT2D eigenvalue weighted by atomic mass is 16.4. The molecule has 0 saturated heterocycles. The van der Waals surface area contributed by atoms with Gasteiger partial charge in [0, 0.05) is 11.9 Å². The Bertz CT molecular complexity index is 578. The van der Waals surface area contributed by atoms with Crippen LogP contribution in [-0.4, -0.2) is 38.8 Å². The van der Waals surface area contributed by atoms with Crippen molar-refractivity contribution in [2.24, 2.45) is 0 Å². The van der Waals surface area contributed by atoms with Crippen LogP contribution in [0.25, 0.3) is 0 Å². The molecule has 7 heteroatoms. The van der Waals surface area contributed by atoms with E-state index in [1.165, 1.54) is 36.5 Å². The normalized spacial score (nSPS) is 10.1. The zero-order chi connectivity index (χ0) is 13.8. The van der Waals surface area contributed by atoms with E-state index in [0.717, 1.165) is 4.90 Å². The fraction of sp³-hybridized carbons (Fsp3) is 0.0833. The predicted molar refractivity (Wildman–Crippen MR) is 66.0 cm³/mol. The van der Waals surface area contributed by atoms with Crippen molar-refractivity contribution in [3.63, 3.8) is 0 Å². The first-order valence-corrected chi connectivity index (χ1v) is 5.40. The Kier molecular flexibility index (Phi) is 3.46. The molecule has 0 spiro atoms. The van der Waals surface area contributed by atoms with Gasteiger partial charge in [-0.2, -0.15) is 5.10 Å². The van der Waals surface area contributed by atoms with Gasteiger partial charge in [0.25, 0.3) is 5.91 Å². The molecule has 0 aliphatic rings. The lowest BCUT2D eigenvalue weighted by molar-refractivity contribution is -0.135. The molecule has 1 amide bonds. The Morgan fingerprint density at radius 1 is 1.21 bits per heavy atom. The average molecular weight is 261 g/mol. The minimum absolute atomic E-state index is 0.0352. The summed E-state index contributed by atoms with van der Waals surface area (Å²) >= 11 is 0. The van der Waals surface area contributed by atoms with Crippen molar-refractivity contribution in [3.05, 3.63) is 42.2 Å². The molecule has 0 saturated carbocycles. The number of amides is 1. The van der Waals surface area contributed by atoms with Gasteiger partial charge in [-0.05, 0) is 30.3 Å². The number of carbonyl (C=O) groups is 2. The summed E-state index contributed by atoms with van der Waals surface area (Å²) in [7, 11) is 0. The molecule has 0 radical (unpaired) electrons. The molecule has 0 aliphatic carbocycles. The highest BCUT2D eigenvalue weighted by Crippen LogP contribution is 2.19. The minimum Gasteiger partial charge on any atom is -0.508 e. The van der Waals surface area contributed by atoms with Crippen LogP contribution in [0.2, 0.25) is 0 Å². The number of phenolic OH excluding ortho intramolecular Hbond substituents is 1. The number of aromatic amines is 1. The molecule has 1 aromatic carbocycles. The van der Waals surface area contributed by atoms with Gasteiger partial charge in [-0.25, -0.2) is 0 Å². The van der Waals surface area contributed by atoms with Crippen LogP contribution in [0, 0.1) is 0 Å². The number of H-pyrrole nitrogens is 1. The maximum absolute atomic E-state index is 12.2. The summed E-state index contributed by atoms with van der Waals surface area (Å²) in [4.78, 5) is 24.1. The Hall–Kier alpha value is -2.83. The van der Waals surface area contributed by atoms with Gasteiger partial charge in [0.15, 0.2) is 0 Å². The molecule has 19 heavy (non-hydrogen) atoms. The zero-order valence-electron chi connectivity index (χ0n) is 9.78. The first-order valence-electron chi connectivity index (χ1n) is 5.40. The summed E-state index contributed by atoms with van der Waals surface area (Å²) < 4.78 is 0. The van der Waals surface area contributed by atoms with Crippen LogP contribution in [0.1, 0.15) is 10.5 Å². The summed E-state index contributed by atoms with van der Waals surface area (Å²) in [5, 5.41) is 24.2. The number of carbonyl (C=O) groups excluding carboxylic acids is 1. The molecule has 3 N–H and O–H groups in total. The van der Waals surface area contributed by atoms with E-state index in [2.05, 4.69) is 10.2 Å². The molecule has 2 aromatic rings. The first kappa shape index (κ1) is 12.6. The quantitative estimate of drug-likeness (QED) is 0.756. The van der Waals surface area contributed by atoms with Crippen LogP contribution in [0.3, 0.4) is 0 Å². The number of aromatic hydroxyl groups is 1. The standard InChI is InChI=1S/C12H11N3O4/c16-9-3-1-8(2-4-9)15(7-11(17)18)12(19)10-5-6-13-14-10/h1-6,16H,7H2,(H,13,14)(H,17,18). The van der Waals surface area contributed by atoms with Crippen LogP contribution in [0.4, 0.5) is 5.69 Å². The van der Waals surface area contributed by atoms with E-state index in [-0.39, 0.29) is 11.4 Å². The second-order valence-corrected chi connectivity index (χ2v) is 3.77. The van der Waals surface area contributed by atoms with E-state index < -0.39 is 18.4 Å². The fourth-order valence-corrected chi connectivity index (χ4v) is 1.57. The molecule has 1 aromatic heterocycles. The Balaban J connectivity index is 2.33. The van der Waals surface area contributed by atoms with Gasteiger partial charge in [0.05, 0.1) is 0 Å². The smallest absolute Gasteiger partial charge is 0.323 e. The van der Waals surface area contributed by atoms with Gasteiger partial charge in [-0.3, -0.25) is 19.6 Å². The number of nitrogens with one attached hydrogen (secondary N) is 1. The van der Waals surface area contributed by atoms with Crippen LogP contribution in [0.15, 0.2) is 36.5 Å². The van der Waals surface area contributed by atoms with Crippen LogP contribution >= 0.6 is 0 Å². The van der Waals surface area contributed by atoms with Gasteiger partial charge < -0.3 is 10.2 Å².